The summed E-state index contributed by atoms with van der Waals surface area (Å²) in [6.07, 6.45) is 0. The Hall–Kier alpha value is -1.31. The summed E-state index contributed by atoms with van der Waals surface area (Å²) in [5, 5.41) is 0. The molecular weight excluding hydrogens is 188 g/mol. The van der Waals surface area contributed by atoms with E-state index in [-0.39, 0.29) is 5.78 Å². The molecule has 82 valence electrons. The van der Waals surface area contributed by atoms with Crippen LogP contribution in [0.4, 0.5) is 0 Å². The van der Waals surface area contributed by atoms with Gasteiger partial charge in [0.1, 0.15) is 5.75 Å². The molecule has 0 radical (unpaired) electrons. The second-order valence-electron chi connectivity index (χ2n) is 3.90. The Bertz CT molecular complexity index is 354. The number of carbonyl (C=O) groups excluding carboxylic acids is 1. The van der Waals surface area contributed by atoms with E-state index >= 15 is 0 Å². The number of benzene rings is 1. The van der Waals surface area contributed by atoms with Crippen molar-refractivity contribution in [2.75, 3.05) is 6.61 Å². The molecule has 0 amide bonds. The maximum absolute atomic E-state index is 11.4. The molecule has 0 saturated carbocycles. The molecule has 0 aromatic heterocycles. The zero-order valence-electron chi connectivity index (χ0n) is 9.83. The van der Waals surface area contributed by atoms with Crippen molar-refractivity contribution in [2.45, 2.75) is 33.6 Å². The minimum Gasteiger partial charge on any atom is -0.493 e. The fraction of sp³-hybridized carbons (Fsp3) is 0.462. The highest BCUT2D eigenvalue weighted by Gasteiger charge is 2.10. The monoisotopic (exact) mass is 206 g/mol. The van der Waals surface area contributed by atoms with Crippen molar-refractivity contribution in [1.29, 1.82) is 0 Å². The summed E-state index contributed by atoms with van der Waals surface area (Å²) in [5.74, 6) is 1.18. The highest BCUT2D eigenvalue weighted by atomic mass is 16.5. The van der Waals surface area contributed by atoms with Crippen LogP contribution >= 0.6 is 0 Å². The van der Waals surface area contributed by atoms with Crippen LogP contribution < -0.4 is 4.74 Å². The second-order valence-corrected chi connectivity index (χ2v) is 3.90. The van der Waals surface area contributed by atoms with Gasteiger partial charge in [0.2, 0.25) is 0 Å². The molecule has 0 N–H and O–H groups in total. The molecule has 0 aliphatic rings. The molecule has 0 aliphatic carbocycles. The first-order chi connectivity index (χ1) is 7.06. The van der Waals surface area contributed by atoms with Crippen LogP contribution in [-0.2, 0) is 0 Å². The number of rotatable bonds is 4. The van der Waals surface area contributed by atoms with Gasteiger partial charge in [-0.1, -0.05) is 19.9 Å². The average molecular weight is 206 g/mol. The van der Waals surface area contributed by atoms with Crippen molar-refractivity contribution in [2.24, 2.45) is 0 Å². The lowest BCUT2D eigenvalue weighted by Gasteiger charge is -2.11. The zero-order valence-corrected chi connectivity index (χ0v) is 9.83. The second kappa shape index (κ2) is 4.96. The van der Waals surface area contributed by atoms with Gasteiger partial charge in [-0.05, 0) is 37.5 Å². The molecule has 0 heterocycles. The van der Waals surface area contributed by atoms with Gasteiger partial charge in [-0.2, -0.15) is 0 Å². The molecule has 0 bridgehead atoms. The molecular formula is C13H18O2. The Morgan fingerprint density at radius 3 is 2.53 bits per heavy atom. The molecule has 2 nitrogen and oxygen atoms in total. The van der Waals surface area contributed by atoms with Crippen LogP contribution in [0.25, 0.3) is 0 Å². The van der Waals surface area contributed by atoms with Crippen molar-refractivity contribution < 1.29 is 9.53 Å². The minimum atomic E-state index is 0.0564. The number of carbonyl (C=O) groups is 1. The predicted molar refractivity (Wildman–Crippen MR) is 61.7 cm³/mol. The summed E-state index contributed by atoms with van der Waals surface area (Å²) < 4.78 is 5.41. The summed E-state index contributed by atoms with van der Waals surface area (Å²) in [4.78, 5) is 11.4. The maximum Gasteiger partial charge on any atom is 0.163 e. The molecule has 0 aliphatic heterocycles. The molecule has 0 spiro atoms. The van der Waals surface area contributed by atoms with Gasteiger partial charge in [0.05, 0.1) is 12.2 Å². The van der Waals surface area contributed by atoms with Crippen LogP contribution in [0.3, 0.4) is 0 Å². The van der Waals surface area contributed by atoms with E-state index in [1.165, 1.54) is 5.56 Å². The van der Waals surface area contributed by atoms with E-state index in [4.69, 9.17) is 4.74 Å². The van der Waals surface area contributed by atoms with Crippen LogP contribution in [0.5, 0.6) is 5.75 Å². The first kappa shape index (κ1) is 11.8. The van der Waals surface area contributed by atoms with Crippen molar-refractivity contribution in [3.05, 3.63) is 29.3 Å². The van der Waals surface area contributed by atoms with Crippen molar-refractivity contribution in [1.82, 2.24) is 0 Å². The third kappa shape index (κ3) is 2.82. The lowest BCUT2D eigenvalue weighted by atomic mass is 9.99. The lowest BCUT2D eigenvalue weighted by molar-refractivity contribution is 0.101. The summed E-state index contributed by atoms with van der Waals surface area (Å²) in [5.41, 5.74) is 1.85. The quantitative estimate of drug-likeness (QED) is 0.706. The zero-order chi connectivity index (χ0) is 11.4. The standard InChI is InChI=1S/C13H18O2/c1-5-15-13-7-6-11(9(2)3)8-12(13)10(4)14/h6-9H,5H2,1-4H3. The van der Waals surface area contributed by atoms with Gasteiger partial charge in [-0.3, -0.25) is 4.79 Å². The molecule has 0 saturated heterocycles. The van der Waals surface area contributed by atoms with E-state index in [9.17, 15) is 4.79 Å². The van der Waals surface area contributed by atoms with Gasteiger partial charge in [-0.25, -0.2) is 0 Å². The predicted octanol–water partition coefficient (Wildman–Crippen LogP) is 3.41. The number of Topliss-reactive ketones (excluding diaryl/α,β-unsaturated/α-hetero) is 1. The van der Waals surface area contributed by atoms with Crippen LogP contribution in [0.15, 0.2) is 18.2 Å². The highest BCUT2D eigenvalue weighted by molar-refractivity contribution is 5.97. The molecule has 0 unspecified atom stereocenters. The maximum atomic E-state index is 11.4. The summed E-state index contributed by atoms with van der Waals surface area (Å²) >= 11 is 0. The molecule has 0 atom stereocenters. The van der Waals surface area contributed by atoms with Gasteiger partial charge >= 0.3 is 0 Å². The van der Waals surface area contributed by atoms with Gasteiger partial charge in [-0.15, -0.1) is 0 Å². The fourth-order valence-electron chi connectivity index (χ4n) is 1.46. The summed E-state index contributed by atoms with van der Waals surface area (Å²) in [6, 6.07) is 5.83. The van der Waals surface area contributed by atoms with Crippen LogP contribution in [0.1, 0.15) is 49.5 Å². The number of hydrogen-bond donors (Lipinski definition) is 0. The van der Waals surface area contributed by atoms with Crippen LogP contribution in [0.2, 0.25) is 0 Å². The Balaban J connectivity index is 3.14. The SMILES string of the molecule is CCOc1ccc(C(C)C)cc1C(C)=O. The topological polar surface area (TPSA) is 26.3 Å². The smallest absolute Gasteiger partial charge is 0.163 e. The summed E-state index contributed by atoms with van der Waals surface area (Å²) in [6.45, 7) is 8.29. The van der Waals surface area contributed by atoms with Gasteiger partial charge in [0, 0.05) is 0 Å². The van der Waals surface area contributed by atoms with E-state index in [2.05, 4.69) is 13.8 Å². The summed E-state index contributed by atoms with van der Waals surface area (Å²) in [7, 11) is 0. The first-order valence-corrected chi connectivity index (χ1v) is 5.34. The lowest BCUT2D eigenvalue weighted by Crippen LogP contribution is -2.02. The number of ketones is 1. The van der Waals surface area contributed by atoms with Crippen molar-refractivity contribution >= 4 is 5.78 Å². The highest BCUT2D eigenvalue weighted by Crippen LogP contribution is 2.24. The molecule has 1 aromatic rings. The van der Waals surface area contributed by atoms with Gasteiger partial charge < -0.3 is 4.74 Å². The molecule has 2 heteroatoms. The van der Waals surface area contributed by atoms with Crippen molar-refractivity contribution in [3.63, 3.8) is 0 Å². The Labute approximate surface area is 91.3 Å². The van der Waals surface area contributed by atoms with Crippen LogP contribution in [0, 0.1) is 0 Å². The molecule has 15 heavy (non-hydrogen) atoms. The molecule has 1 rings (SSSR count). The van der Waals surface area contributed by atoms with Gasteiger partial charge in [0.25, 0.3) is 0 Å². The third-order valence-corrected chi connectivity index (χ3v) is 2.35. The third-order valence-electron chi connectivity index (χ3n) is 2.35. The molecule has 0 fully saturated rings. The Kier molecular flexibility index (Phi) is 3.89. The normalized spacial score (nSPS) is 10.5. The first-order valence-electron chi connectivity index (χ1n) is 5.34. The van der Waals surface area contributed by atoms with E-state index in [1.807, 2.05) is 25.1 Å². The van der Waals surface area contributed by atoms with E-state index in [1.54, 1.807) is 6.92 Å². The molecule has 1 aromatic carbocycles. The van der Waals surface area contributed by atoms with Crippen LogP contribution in [-0.4, -0.2) is 12.4 Å². The van der Waals surface area contributed by atoms with E-state index in [0.717, 1.165) is 0 Å². The number of hydrogen-bond acceptors (Lipinski definition) is 2. The minimum absolute atomic E-state index is 0.0564. The van der Waals surface area contributed by atoms with E-state index < -0.39 is 0 Å². The fourth-order valence-corrected chi connectivity index (χ4v) is 1.46. The van der Waals surface area contributed by atoms with Gasteiger partial charge in [0.15, 0.2) is 5.78 Å². The Morgan fingerprint density at radius 1 is 1.40 bits per heavy atom. The van der Waals surface area contributed by atoms with E-state index in [0.29, 0.717) is 23.8 Å². The van der Waals surface area contributed by atoms with Crippen molar-refractivity contribution in [3.8, 4) is 5.75 Å². The average Bonchev–Trinajstić information content (AvgIpc) is 2.18. The largest absolute Gasteiger partial charge is 0.493 e. The Morgan fingerprint density at radius 2 is 2.07 bits per heavy atom. The number of ether oxygens (including phenoxy) is 1.